The first-order chi connectivity index (χ1) is 1.73. The van der Waals surface area contributed by atoms with Gasteiger partial charge in [-0.3, -0.25) is 0 Å². The quantitative estimate of drug-likeness (QED) is 0.213. The summed E-state index contributed by atoms with van der Waals surface area (Å²) >= 11 is 0. The third kappa shape index (κ3) is 4250. The van der Waals surface area contributed by atoms with Gasteiger partial charge in [-0.25, -0.2) is 0 Å². The van der Waals surface area contributed by atoms with Crippen LogP contribution >= 0.6 is 0 Å². The smallest absolute Gasteiger partial charge is 0.412 e. The molecule has 58 valence electrons. The van der Waals surface area contributed by atoms with Gasteiger partial charge in [0, 0.05) is 0 Å². The number of hydrogen-bond acceptors (Lipinski definition) is 3. The van der Waals surface area contributed by atoms with Crippen LogP contribution in [0.1, 0.15) is 0 Å². The summed E-state index contributed by atoms with van der Waals surface area (Å²) in [5, 5.41) is 14.8. The first kappa shape index (κ1) is 69.4. The van der Waals surface area contributed by atoms with E-state index in [9.17, 15) is 0 Å². The van der Waals surface area contributed by atoms with Crippen LogP contribution in [-0.4, -0.2) is 27.0 Å². The Balaban J connectivity index is -0.00000000450. The Bertz CT molecular complexity index is 31.9. The molecule has 0 amide bonds. The molecule has 0 aromatic carbocycles. The minimum absolute atomic E-state index is 0. The summed E-state index contributed by atoms with van der Waals surface area (Å²) in [6.45, 7) is 0. The third-order valence-electron chi connectivity index (χ3n) is 0. The van der Waals surface area contributed by atoms with Crippen LogP contribution in [0.5, 0.6) is 0 Å². The van der Waals surface area contributed by atoms with Crippen LogP contribution in [0.3, 0.4) is 0 Å². The van der Waals surface area contributed by atoms with Crippen LogP contribution in [0, 0.1) is 15.3 Å². The molecule has 0 bridgehead atoms. The molecule has 0 atom stereocenters. The van der Waals surface area contributed by atoms with Gasteiger partial charge in [-0.2, -0.15) is 0 Å². The molecule has 0 spiro atoms. The van der Waals surface area contributed by atoms with Gasteiger partial charge in [-0.1, -0.05) is 0 Å². The third-order valence-corrected chi connectivity index (χ3v) is 0. The van der Waals surface area contributed by atoms with E-state index in [0.29, 0.717) is 0 Å². The van der Waals surface area contributed by atoms with E-state index in [0.717, 1.165) is 0 Å². The van der Waals surface area contributed by atoms with Gasteiger partial charge in [-0.15, -0.1) is 0 Å². The van der Waals surface area contributed by atoms with E-state index < -0.39 is 5.09 Å². The Morgan fingerprint density at radius 1 is 0.889 bits per heavy atom. The second-order valence-corrected chi connectivity index (χ2v) is 0.224. The van der Waals surface area contributed by atoms with Crippen molar-refractivity contribution in [1.29, 1.82) is 0 Å². The van der Waals surface area contributed by atoms with Crippen molar-refractivity contribution in [3.63, 3.8) is 0 Å². The van der Waals surface area contributed by atoms with Crippen LogP contribution in [0.4, 0.5) is 0 Å². The average molecular weight is 182 g/mol. The zero-order valence-electron chi connectivity index (χ0n) is 4.17. The van der Waals surface area contributed by atoms with Gasteiger partial charge in [-0.05, 0) is 0 Å². The van der Waals surface area contributed by atoms with E-state index in [1.54, 1.807) is 0 Å². The van der Waals surface area contributed by atoms with Crippen LogP contribution < -0.4 is 0 Å². The van der Waals surface area contributed by atoms with Gasteiger partial charge < -0.3 is 37.2 Å². The summed E-state index contributed by atoms with van der Waals surface area (Å²) in [5.74, 6) is 0. The predicted octanol–water partition coefficient (Wildman–Crippen LogP) is -3.54. The molecule has 0 radical (unpaired) electrons. The van der Waals surface area contributed by atoms with Gasteiger partial charge in [0.15, 0.2) is 0 Å². The molecule has 0 aliphatic heterocycles. The zero-order valence-corrected chi connectivity index (χ0v) is 5.73. The Hall–Kier alpha value is -0.246. The van der Waals surface area contributed by atoms with Gasteiger partial charge in [0.25, 0.3) is 0 Å². The topological polar surface area (TPSA) is 192 Å². The Kier molecular flexibility index (Phi) is 360. The molecule has 8 N–H and O–H groups in total. The second kappa shape index (κ2) is 46.6. The maximum Gasteiger partial charge on any atom is 2.00 e. The molecule has 0 rings (SSSR count). The molecular weight excluding hydrogens is 174 g/mol. The predicted molar refractivity (Wildman–Crippen MR) is 24.8 cm³/mol. The Labute approximate surface area is 64.7 Å². The minimum Gasteiger partial charge on any atom is -0.412 e. The van der Waals surface area contributed by atoms with E-state index in [1.165, 1.54) is 0 Å². The van der Waals surface area contributed by atoms with Crippen LogP contribution in [0.2, 0.25) is 0 Å². The van der Waals surface area contributed by atoms with Crippen molar-refractivity contribution in [3.8, 4) is 0 Å². The van der Waals surface area contributed by atoms with Gasteiger partial charge in [0.2, 0.25) is 0 Å². The van der Waals surface area contributed by atoms with E-state index in [2.05, 4.69) is 0 Å². The minimum atomic E-state index is -1.75. The van der Waals surface area contributed by atoms with Gasteiger partial charge in [0.05, 0.1) is 5.09 Å². The van der Waals surface area contributed by atoms with Crippen LogP contribution in [0.25, 0.3) is 0 Å². The summed E-state index contributed by atoms with van der Waals surface area (Å²) in [6, 6.07) is 0. The standard InChI is InChI=1S/NO3.4H2O.Ti/c2-1(3)4;;;;;/h;4*1H2;/q-1;;;;;+2. The number of rotatable bonds is 0. The fourth-order valence-corrected chi connectivity index (χ4v) is 0. The molecule has 0 aromatic rings. The average Bonchev–Trinajstić information content (AvgIpc) is 0.811. The van der Waals surface area contributed by atoms with Crippen molar-refractivity contribution in [2.24, 2.45) is 0 Å². The van der Waals surface area contributed by atoms with Crippen molar-refractivity contribution in [3.05, 3.63) is 15.3 Å². The molecule has 0 heterocycles. The van der Waals surface area contributed by atoms with Crippen molar-refractivity contribution in [1.82, 2.24) is 0 Å². The largest absolute Gasteiger partial charge is 2.00 e. The maximum absolute atomic E-state index is 8.25. The molecule has 8 nitrogen and oxygen atoms in total. The van der Waals surface area contributed by atoms with E-state index in [1.807, 2.05) is 0 Å². The molecule has 9 heteroatoms. The first-order valence-corrected chi connectivity index (χ1v) is 0.548. The fraction of sp³-hybridized carbons (Fsp3) is 0. The summed E-state index contributed by atoms with van der Waals surface area (Å²) in [5.41, 5.74) is 0. The normalized spacial score (nSPS) is 2.67. The van der Waals surface area contributed by atoms with Crippen LogP contribution in [0.15, 0.2) is 0 Å². The molecule has 0 unspecified atom stereocenters. The number of nitrogens with zero attached hydrogens (tertiary/aromatic N) is 1. The molecule has 9 heavy (non-hydrogen) atoms. The molecule has 0 fully saturated rings. The maximum atomic E-state index is 8.25. The zero-order chi connectivity index (χ0) is 3.58. The molecule has 0 aliphatic rings. The van der Waals surface area contributed by atoms with Crippen LogP contribution in [-0.2, 0) is 21.7 Å². The fourth-order valence-electron chi connectivity index (χ4n) is 0. The van der Waals surface area contributed by atoms with E-state index >= 15 is 0 Å². The van der Waals surface area contributed by atoms with Crippen molar-refractivity contribution in [2.75, 3.05) is 0 Å². The van der Waals surface area contributed by atoms with Crippen molar-refractivity contribution < 1.29 is 48.7 Å². The van der Waals surface area contributed by atoms with Crippen molar-refractivity contribution >= 4 is 0 Å². The molecule has 0 saturated heterocycles. The van der Waals surface area contributed by atoms with Gasteiger partial charge in [0.1, 0.15) is 0 Å². The Morgan fingerprint density at radius 2 is 0.889 bits per heavy atom. The SMILES string of the molecule is O.O.O.O.O=[N+]([O-])[O-].[Ti+2]. The molecule has 0 saturated carbocycles. The first-order valence-electron chi connectivity index (χ1n) is 0.548. The number of hydrogen-bond donors (Lipinski definition) is 0. The molecule has 0 aliphatic carbocycles. The summed E-state index contributed by atoms with van der Waals surface area (Å²) in [6.07, 6.45) is 0. The van der Waals surface area contributed by atoms with E-state index in [4.69, 9.17) is 15.3 Å². The molecular formula is H8NO7Ti+. The Morgan fingerprint density at radius 3 is 0.889 bits per heavy atom. The second-order valence-electron chi connectivity index (χ2n) is 0.224. The van der Waals surface area contributed by atoms with E-state index in [-0.39, 0.29) is 43.6 Å². The van der Waals surface area contributed by atoms with Gasteiger partial charge >= 0.3 is 21.7 Å². The summed E-state index contributed by atoms with van der Waals surface area (Å²) in [4.78, 5) is 8.25. The monoisotopic (exact) mass is 182 g/mol. The molecule has 0 aromatic heterocycles. The summed E-state index contributed by atoms with van der Waals surface area (Å²) < 4.78 is 0. The van der Waals surface area contributed by atoms with Crippen molar-refractivity contribution in [2.45, 2.75) is 0 Å². The summed E-state index contributed by atoms with van der Waals surface area (Å²) in [7, 11) is 0.